The van der Waals surface area contributed by atoms with Crippen LogP contribution in [0.4, 0.5) is 5.82 Å². The molecule has 1 fully saturated rings. The fourth-order valence-electron chi connectivity index (χ4n) is 2.24. The summed E-state index contributed by atoms with van der Waals surface area (Å²) in [6.45, 7) is -0.454. The van der Waals surface area contributed by atoms with Gasteiger partial charge in [0.05, 0.1) is 6.61 Å². The molecular formula is C10H13N5O5. The fourth-order valence-corrected chi connectivity index (χ4v) is 2.24. The zero-order chi connectivity index (χ0) is 14.4. The van der Waals surface area contributed by atoms with Gasteiger partial charge in [0, 0.05) is 6.07 Å². The van der Waals surface area contributed by atoms with Crippen LogP contribution in [0.25, 0.3) is 11.0 Å². The van der Waals surface area contributed by atoms with Gasteiger partial charge < -0.3 is 30.8 Å². The number of nitrogen functional groups attached to an aromatic ring is 1. The Morgan fingerprint density at radius 2 is 2.20 bits per heavy atom. The van der Waals surface area contributed by atoms with E-state index in [1.807, 2.05) is 0 Å². The number of aliphatic hydroxyl groups is 3. The van der Waals surface area contributed by atoms with Crippen molar-refractivity contribution in [1.82, 2.24) is 20.0 Å². The van der Waals surface area contributed by atoms with E-state index >= 15 is 0 Å². The Kier molecular flexibility index (Phi) is 2.94. The molecule has 20 heavy (non-hydrogen) atoms. The number of nitrogens with two attached hydrogens (primary N) is 1. The van der Waals surface area contributed by atoms with Gasteiger partial charge in [0.2, 0.25) is 0 Å². The van der Waals surface area contributed by atoms with Crippen LogP contribution >= 0.6 is 0 Å². The molecule has 10 nitrogen and oxygen atoms in total. The lowest BCUT2D eigenvalue weighted by atomic mass is 10.1. The van der Waals surface area contributed by atoms with Gasteiger partial charge in [-0.15, -0.1) is 5.10 Å². The van der Waals surface area contributed by atoms with Gasteiger partial charge in [-0.05, 0) is 0 Å². The molecule has 0 radical (unpaired) electrons. The number of anilines is 1. The van der Waals surface area contributed by atoms with Crippen molar-refractivity contribution >= 4 is 16.9 Å². The van der Waals surface area contributed by atoms with E-state index in [1.165, 1.54) is 6.07 Å². The summed E-state index contributed by atoms with van der Waals surface area (Å²) in [5.41, 5.74) is 5.34. The van der Waals surface area contributed by atoms with Gasteiger partial charge in [-0.2, -0.15) is 0 Å². The van der Waals surface area contributed by atoms with Crippen LogP contribution in [-0.2, 0) is 4.74 Å². The standard InChI is InChI=1S/C10H13N5O5/c11-5-1-3-6(9(19)12-5)13-14-15(3)10-8(18)7(17)4(2-16)20-10/h1,4,7-8,10,16-18H,2H2,(H3,11,12,19)/t4-,7-,8-,10-/m1/s1. The average Bonchev–Trinajstić information content (AvgIpc) is 2.93. The number of aromatic nitrogens is 4. The van der Waals surface area contributed by atoms with Crippen LogP contribution in [-0.4, -0.2) is 60.2 Å². The van der Waals surface area contributed by atoms with Gasteiger partial charge in [0.25, 0.3) is 5.56 Å². The zero-order valence-electron chi connectivity index (χ0n) is 10.2. The molecule has 6 N–H and O–H groups in total. The van der Waals surface area contributed by atoms with E-state index < -0.39 is 36.7 Å². The number of fused-ring (bicyclic) bond motifs is 1. The summed E-state index contributed by atoms with van der Waals surface area (Å²) in [6, 6.07) is 1.42. The zero-order valence-corrected chi connectivity index (χ0v) is 10.2. The molecule has 4 atom stereocenters. The van der Waals surface area contributed by atoms with Crippen LogP contribution in [0.1, 0.15) is 6.23 Å². The maximum atomic E-state index is 11.7. The first-order valence-corrected chi connectivity index (χ1v) is 5.89. The largest absolute Gasteiger partial charge is 0.394 e. The van der Waals surface area contributed by atoms with Gasteiger partial charge in [-0.25, -0.2) is 4.68 Å². The number of hydrogen-bond acceptors (Lipinski definition) is 8. The highest BCUT2D eigenvalue weighted by molar-refractivity contribution is 5.75. The van der Waals surface area contributed by atoms with Crippen LogP contribution in [0.2, 0.25) is 0 Å². The third-order valence-corrected chi connectivity index (χ3v) is 3.25. The van der Waals surface area contributed by atoms with Crippen LogP contribution in [0, 0.1) is 0 Å². The first-order valence-electron chi connectivity index (χ1n) is 5.89. The lowest BCUT2D eigenvalue weighted by molar-refractivity contribution is -0.0572. The molecule has 0 bridgehead atoms. The van der Waals surface area contributed by atoms with E-state index in [4.69, 9.17) is 15.6 Å². The number of aromatic amines is 1. The monoisotopic (exact) mass is 283 g/mol. The Balaban J connectivity index is 2.09. The minimum absolute atomic E-state index is 0.0388. The second kappa shape index (κ2) is 4.52. The Morgan fingerprint density at radius 1 is 1.45 bits per heavy atom. The Bertz CT molecular complexity index is 697. The van der Waals surface area contributed by atoms with Crippen LogP contribution in [0.5, 0.6) is 0 Å². The molecule has 108 valence electrons. The van der Waals surface area contributed by atoms with Crippen molar-refractivity contribution in [3.8, 4) is 0 Å². The van der Waals surface area contributed by atoms with Gasteiger partial charge in [0.1, 0.15) is 29.6 Å². The molecule has 3 heterocycles. The SMILES string of the molecule is Nc1cc2c(nnn2[C@@H]2O[C@H](CO)[C@@H](O)[C@H]2O)c(=O)[nH]1. The van der Waals surface area contributed by atoms with Crippen LogP contribution in [0.3, 0.4) is 0 Å². The van der Waals surface area contributed by atoms with Crippen LogP contribution in [0.15, 0.2) is 10.9 Å². The number of H-pyrrole nitrogens is 1. The molecule has 3 rings (SSSR count). The van der Waals surface area contributed by atoms with Crippen molar-refractivity contribution in [3.05, 3.63) is 16.4 Å². The van der Waals surface area contributed by atoms with E-state index in [0.29, 0.717) is 0 Å². The predicted molar refractivity (Wildman–Crippen MR) is 65.6 cm³/mol. The highest BCUT2D eigenvalue weighted by Gasteiger charge is 2.44. The van der Waals surface area contributed by atoms with Crippen molar-refractivity contribution in [1.29, 1.82) is 0 Å². The molecule has 10 heteroatoms. The molecule has 1 aliphatic heterocycles. The number of rotatable bonds is 2. The Labute approximate surface area is 111 Å². The van der Waals surface area contributed by atoms with Gasteiger partial charge >= 0.3 is 0 Å². The molecule has 0 spiro atoms. The molecule has 0 amide bonds. The van der Waals surface area contributed by atoms with Gasteiger partial charge in [-0.1, -0.05) is 5.21 Å². The lowest BCUT2D eigenvalue weighted by Crippen LogP contribution is -2.33. The van der Waals surface area contributed by atoms with Gasteiger partial charge in [-0.3, -0.25) is 4.79 Å². The summed E-state index contributed by atoms with van der Waals surface area (Å²) in [7, 11) is 0. The lowest BCUT2D eigenvalue weighted by Gasteiger charge is -2.15. The molecule has 0 aromatic carbocycles. The quantitative estimate of drug-likeness (QED) is 0.398. The third kappa shape index (κ3) is 1.78. The first-order chi connectivity index (χ1) is 9.52. The van der Waals surface area contributed by atoms with Crippen molar-refractivity contribution in [2.75, 3.05) is 12.3 Å². The third-order valence-electron chi connectivity index (χ3n) is 3.25. The van der Waals surface area contributed by atoms with Crippen molar-refractivity contribution in [3.63, 3.8) is 0 Å². The number of hydrogen-bond donors (Lipinski definition) is 5. The minimum atomic E-state index is -1.31. The molecule has 0 saturated carbocycles. The Hall–Kier alpha value is -2.01. The topological polar surface area (TPSA) is 160 Å². The van der Waals surface area contributed by atoms with E-state index in [-0.39, 0.29) is 16.9 Å². The van der Waals surface area contributed by atoms with E-state index in [2.05, 4.69) is 15.3 Å². The second-order valence-corrected chi connectivity index (χ2v) is 4.55. The van der Waals surface area contributed by atoms with E-state index in [9.17, 15) is 15.0 Å². The summed E-state index contributed by atoms with van der Waals surface area (Å²) < 4.78 is 6.48. The van der Waals surface area contributed by atoms with Crippen molar-refractivity contribution in [2.45, 2.75) is 24.5 Å². The second-order valence-electron chi connectivity index (χ2n) is 4.55. The summed E-state index contributed by atoms with van der Waals surface area (Å²) in [5, 5.41) is 36.1. The summed E-state index contributed by atoms with van der Waals surface area (Å²) in [4.78, 5) is 14.0. The number of pyridine rings is 1. The number of nitrogens with zero attached hydrogens (tertiary/aromatic N) is 3. The fraction of sp³-hybridized carbons (Fsp3) is 0.500. The van der Waals surface area contributed by atoms with Crippen LogP contribution < -0.4 is 11.3 Å². The average molecular weight is 283 g/mol. The maximum Gasteiger partial charge on any atom is 0.279 e. The number of aliphatic hydroxyl groups excluding tert-OH is 3. The van der Waals surface area contributed by atoms with E-state index in [1.54, 1.807) is 0 Å². The van der Waals surface area contributed by atoms with Gasteiger partial charge in [0.15, 0.2) is 11.7 Å². The Morgan fingerprint density at radius 3 is 2.85 bits per heavy atom. The normalized spacial score (nSPS) is 30.1. The highest BCUT2D eigenvalue weighted by atomic mass is 16.6. The van der Waals surface area contributed by atoms with Crippen molar-refractivity contribution < 1.29 is 20.1 Å². The molecule has 0 aliphatic carbocycles. The minimum Gasteiger partial charge on any atom is -0.394 e. The summed E-state index contributed by atoms with van der Waals surface area (Å²) in [5.74, 6) is 0.109. The molecule has 2 aromatic rings. The van der Waals surface area contributed by atoms with E-state index in [0.717, 1.165) is 4.68 Å². The number of ether oxygens (including phenoxy) is 1. The highest BCUT2D eigenvalue weighted by Crippen LogP contribution is 2.30. The molecule has 1 saturated heterocycles. The maximum absolute atomic E-state index is 11.7. The number of nitrogens with one attached hydrogen (secondary N) is 1. The molecule has 2 aromatic heterocycles. The molecular weight excluding hydrogens is 270 g/mol. The smallest absolute Gasteiger partial charge is 0.279 e. The molecule has 0 unspecified atom stereocenters. The first kappa shape index (κ1) is 13.0. The molecule has 1 aliphatic rings. The summed E-state index contributed by atoms with van der Waals surface area (Å²) >= 11 is 0. The van der Waals surface area contributed by atoms with Crippen molar-refractivity contribution in [2.24, 2.45) is 0 Å². The predicted octanol–water partition coefficient (Wildman–Crippen LogP) is -2.69. The summed E-state index contributed by atoms with van der Waals surface area (Å²) in [6.07, 6.45) is -4.57.